The van der Waals surface area contributed by atoms with Crippen molar-refractivity contribution in [2.24, 2.45) is 10.2 Å². The van der Waals surface area contributed by atoms with Crippen LogP contribution in [0.2, 0.25) is 0 Å². The molecule has 0 amide bonds. The molecule has 0 aliphatic rings. The number of nitro groups is 1. The molecule has 0 unspecified atom stereocenters. The second kappa shape index (κ2) is 5.47. The summed E-state index contributed by atoms with van der Waals surface area (Å²) >= 11 is 10.2. The molecular formula is C9H6N4O3S3. The van der Waals surface area contributed by atoms with Crippen LogP contribution in [-0.4, -0.2) is 15.0 Å². The second-order valence-electron chi connectivity index (χ2n) is 3.30. The molecule has 0 radical (unpaired) electrons. The van der Waals surface area contributed by atoms with Gasteiger partial charge in [-0.1, -0.05) is 11.3 Å². The van der Waals surface area contributed by atoms with Crippen LogP contribution < -0.4 is 0 Å². The number of benzene rings is 1. The number of nitro benzene ring substituents is 1. The van der Waals surface area contributed by atoms with E-state index in [0.717, 1.165) is 17.4 Å². The summed E-state index contributed by atoms with van der Waals surface area (Å²) in [6, 6.07) is 3.49. The maximum absolute atomic E-state index is 10.6. The van der Waals surface area contributed by atoms with E-state index < -0.39 is 4.92 Å². The van der Waals surface area contributed by atoms with Crippen molar-refractivity contribution in [3.05, 3.63) is 32.3 Å². The third-order valence-electron chi connectivity index (χ3n) is 2.03. The fourth-order valence-corrected chi connectivity index (χ4v) is 2.53. The van der Waals surface area contributed by atoms with Gasteiger partial charge in [-0.2, -0.15) is 0 Å². The molecule has 0 aliphatic carbocycles. The Kier molecular flexibility index (Phi) is 3.93. The molecule has 7 nitrogen and oxygen atoms in total. The van der Waals surface area contributed by atoms with E-state index >= 15 is 0 Å². The average Bonchev–Trinajstić information content (AvgIpc) is 2.66. The number of aromatic amines is 1. The molecule has 0 bridgehead atoms. The van der Waals surface area contributed by atoms with Crippen LogP contribution in [0.1, 0.15) is 0 Å². The lowest BCUT2D eigenvalue weighted by atomic mass is 10.2. The van der Waals surface area contributed by atoms with Gasteiger partial charge in [0.15, 0.2) is 8.96 Å². The Labute approximate surface area is 121 Å². The summed E-state index contributed by atoms with van der Waals surface area (Å²) < 4.78 is 0.488. The maximum atomic E-state index is 10.6. The Balaban J connectivity index is 2.37. The topological polar surface area (TPSA) is 104 Å². The van der Waals surface area contributed by atoms with Crippen LogP contribution in [-0.2, 0) is 0 Å². The standard InChI is InChI=1S/C9H6N4O3S3/c14-6-2-1-4(13(15)16)3-5(6)11-12-8-7(17)10-9(18)19-8/h1-3,14,17H,(H,10,18). The minimum Gasteiger partial charge on any atom is -0.506 e. The number of non-ortho nitro benzene ring substituents is 1. The largest absolute Gasteiger partial charge is 0.506 e. The van der Waals surface area contributed by atoms with E-state index in [0.29, 0.717) is 14.0 Å². The molecule has 0 saturated heterocycles. The monoisotopic (exact) mass is 314 g/mol. The molecule has 1 aromatic carbocycles. The number of phenolic OH excluding ortho intramolecular Hbond substituents is 1. The summed E-state index contributed by atoms with van der Waals surface area (Å²) in [7, 11) is 0. The van der Waals surface area contributed by atoms with Crippen molar-refractivity contribution < 1.29 is 10.0 Å². The highest BCUT2D eigenvalue weighted by Crippen LogP contribution is 2.34. The van der Waals surface area contributed by atoms with Crippen LogP contribution in [0.5, 0.6) is 5.75 Å². The number of phenols is 1. The highest BCUT2D eigenvalue weighted by molar-refractivity contribution is 7.80. The van der Waals surface area contributed by atoms with E-state index in [4.69, 9.17) is 12.2 Å². The lowest BCUT2D eigenvalue weighted by molar-refractivity contribution is -0.384. The van der Waals surface area contributed by atoms with Gasteiger partial charge in [-0.15, -0.1) is 22.9 Å². The van der Waals surface area contributed by atoms with Crippen molar-refractivity contribution in [2.45, 2.75) is 5.03 Å². The van der Waals surface area contributed by atoms with Gasteiger partial charge in [-0.05, 0) is 18.3 Å². The number of thiol groups is 1. The van der Waals surface area contributed by atoms with Gasteiger partial charge >= 0.3 is 0 Å². The number of aromatic hydroxyl groups is 1. The van der Waals surface area contributed by atoms with E-state index in [1.807, 2.05) is 0 Å². The van der Waals surface area contributed by atoms with Crippen molar-refractivity contribution in [3.63, 3.8) is 0 Å². The van der Waals surface area contributed by atoms with Crippen LogP contribution in [0.25, 0.3) is 0 Å². The van der Waals surface area contributed by atoms with Gasteiger partial charge in [0.2, 0.25) is 0 Å². The molecule has 1 aromatic heterocycles. The predicted molar refractivity (Wildman–Crippen MR) is 75.7 cm³/mol. The summed E-state index contributed by atoms with van der Waals surface area (Å²) in [5, 5.41) is 28.6. The van der Waals surface area contributed by atoms with Gasteiger partial charge in [0.1, 0.15) is 16.5 Å². The zero-order valence-electron chi connectivity index (χ0n) is 9.10. The molecule has 0 fully saturated rings. The molecule has 0 saturated carbocycles. The Bertz CT molecular complexity index is 722. The first-order valence-electron chi connectivity index (χ1n) is 4.78. The third-order valence-corrected chi connectivity index (χ3v) is 3.62. The normalized spacial score (nSPS) is 11.0. The summed E-state index contributed by atoms with van der Waals surface area (Å²) in [5.41, 5.74) is -0.180. The number of azo groups is 1. The number of thiazole rings is 1. The Morgan fingerprint density at radius 3 is 2.79 bits per heavy atom. The lowest BCUT2D eigenvalue weighted by Gasteiger charge is -1.97. The molecule has 2 aromatic rings. The average molecular weight is 314 g/mol. The highest BCUT2D eigenvalue weighted by Gasteiger charge is 2.10. The molecule has 2 rings (SSSR count). The number of hydrogen-bond acceptors (Lipinski definition) is 8. The van der Waals surface area contributed by atoms with Gasteiger partial charge in [0, 0.05) is 12.1 Å². The Hall–Kier alpha value is -1.78. The molecule has 0 spiro atoms. The van der Waals surface area contributed by atoms with Gasteiger partial charge in [0.25, 0.3) is 5.69 Å². The smallest absolute Gasteiger partial charge is 0.271 e. The first-order chi connectivity index (χ1) is 8.97. The zero-order chi connectivity index (χ0) is 14.0. The summed E-state index contributed by atoms with van der Waals surface area (Å²) in [6.07, 6.45) is 0. The first kappa shape index (κ1) is 13.6. The van der Waals surface area contributed by atoms with Crippen LogP contribution >= 0.6 is 36.2 Å². The van der Waals surface area contributed by atoms with Crippen molar-refractivity contribution in [1.29, 1.82) is 0 Å². The molecule has 0 atom stereocenters. The van der Waals surface area contributed by atoms with Crippen LogP contribution in [0, 0.1) is 14.1 Å². The SMILES string of the molecule is O=[N+]([O-])c1ccc(O)c(N=Nc2sc(=S)[nH]c2S)c1. The number of nitrogens with zero attached hydrogens (tertiary/aromatic N) is 3. The Morgan fingerprint density at radius 1 is 1.47 bits per heavy atom. The second-order valence-corrected chi connectivity index (χ2v) is 5.41. The van der Waals surface area contributed by atoms with Gasteiger partial charge < -0.3 is 10.1 Å². The third kappa shape index (κ3) is 3.16. The molecule has 98 valence electrons. The quantitative estimate of drug-likeness (QED) is 0.260. The summed E-state index contributed by atoms with van der Waals surface area (Å²) in [5.74, 6) is -0.200. The minimum absolute atomic E-state index is 0.00116. The number of rotatable bonds is 3. The first-order valence-corrected chi connectivity index (χ1v) is 6.46. The van der Waals surface area contributed by atoms with E-state index in [1.54, 1.807) is 0 Å². The highest BCUT2D eigenvalue weighted by atomic mass is 32.1. The van der Waals surface area contributed by atoms with E-state index in [2.05, 4.69) is 27.8 Å². The van der Waals surface area contributed by atoms with Crippen LogP contribution in [0.3, 0.4) is 0 Å². The maximum Gasteiger partial charge on any atom is 0.271 e. The molecule has 10 heteroatoms. The van der Waals surface area contributed by atoms with Crippen LogP contribution in [0.4, 0.5) is 16.4 Å². The summed E-state index contributed by atoms with van der Waals surface area (Å²) in [6.45, 7) is 0. The van der Waals surface area contributed by atoms with Gasteiger partial charge in [0.05, 0.1) is 4.92 Å². The molecule has 2 N–H and O–H groups in total. The molecule has 1 heterocycles. The fourth-order valence-electron chi connectivity index (χ4n) is 1.18. The fraction of sp³-hybridized carbons (Fsp3) is 0. The van der Waals surface area contributed by atoms with E-state index in [1.165, 1.54) is 12.1 Å². The summed E-state index contributed by atoms with van der Waals surface area (Å²) in [4.78, 5) is 12.8. The Morgan fingerprint density at radius 2 is 2.21 bits per heavy atom. The van der Waals surface area contributed by atoms with E-state index in [9.17, 15) is 15.2 Å². The van der Waals surface area contributed by atoms with Crippen molar-refractivity contribution in [3.8, 4) is 5.75 Å². The van der Waals surface area contributed by atoms with Crippen molar-refractivity contribution in [1.82, 2.24) is 4.98 Å². The number of aromatic nitrogens is 1. The number of H-pyrrole nitrogens is 1. The van der Waals surface area contributed by atoms with Gasteiger partial charge in [-0.3, -0.25) is 10.1 Å². The zero-order valence-corrected chi connectivity index (χ0v) is 11.6. The molecule has 19 heavy (non-hydrogen) atoms. The molecule has 0 aliphatic heterocycles. The number of hydrogen-bond donors (Lipinski definition) is 3. The van der Waals surface area contributed by atoms with E-state index in [-0.39, 0.29) is 17.1 Å². The van der Waals surface area contributed by atoms with Gasteiger partial charge in [-0.25, -0.2) is 0 Å². The van der Waals surface area contributed by atoms with Crippen molar-refractivity contribution >= 4 is 52.6 Å². The predicted octanol–water partition coefficient (Wildman–Crippen LogP) is 4.12. The lowest BCUT2D eigenvalue weighted by Crippen LogP contribution is -1.86. The van der Waals surface area contributed by atoms with Crippen molar-refractivity contribution in [2.75, 3.05) is 0 Å². The minimum atomic E-state index is -0.581. The van der Waals surface area contributed by atoms with Crippen LogP contribution in [0.15, 0.2) is 33.5 Å². The number of nitrogens with one attached hydrogen (secondary N) is 1. The molecular weight excluding hydrogens is 308 g/mol.